The number of nitrogens with one attached hydrogen (secondary N) is 1. The third-order valence-corrected chi connectivity index (χ3v) is 7.41. The smallest absolute Gasteiger partial charge is 0.219 e. The molecule has 1 amide bonds. The zero-order valence-electron chi connectivity index (χ0n) is 21.7. The molecular formula is C27H28ClN9O2. The van der Waals surface area contributed by atoms with Crippen LogP contribution in [0.2, 0.25) is 5.02 Å². The molecule has 1 aromatic carbocycles. The van der Waals surface area contributed by atoms with E-state index < -0.39 is 0 Å². The van der Waals surface area contributed by atoms with E-state index >= 15 is 0 Å². The number of ether oxygens (including phenoxy) is 1. The maximum atomic E-state index is 12.2. The monoisotopic (exact) mass is 545 g/mol. The number of benzene rings is 1. The van der Waals surface area contributed by atoms with E-state index in [4.69, 9.17) is 26.3 Å². The first kappa shape index (κ1) is 25.3. The van der Waals surface area contributed by atoms with E-state index in [2.05, 4.69) is 32.5 Å². The first-order valence-corrected chi connectivity index (χ1v) is 13.3. The zero-order chi connectivity index (χ0) is 26.9. The van der Waals surface area contributed by atoms with Gasteiger partial charge in [-0.05, 0) is 38.0 Å². The predicted molar refractivity (Wildman–Crippen MR) is 145 cm³/mol. The number of carbonyl (C=O) groups excluding carboxylic acids is 1. The quantitative estimate of drug-likeness (QED) is 0.378. The molecule has 11 nitrogen and oxygen atoms in total. The van der Waals surface area contributed by atoms with Crippen LogP contribution in [-0.4, -0.2) is 71.5 Å². The number of aromatic nitrogens is 7. The van der Waals surface area contributed by atoms with Crippen LogP contribution >= 0.6 is 11.6 Å². The van der Waals surface area contributed by atoms with Gasteiger partial charge in [0.1, 0.15) is 29.1 Å². The molecule has 1 N–H and O–H groups in total. The summed E-state index contributed by atoms with van der Waals surface area (Å²) in [5.41, 5.74) is 3.59. The third kappa shape index (κ3) is 5.45. The van der Waals surface area contributed by atoms with E-state index in [9.17, 15) is 4.79 Å². The average Bonchev–Trinajstić information content (AvgIpc) is 3.37. The molecule has 6 rings (SSSR count). The summed E-state index contributed by atoms with van der Waals surface area (Å²) in [6.45, 7) is 5.54. The molecule has 4 aromatic rings. The SMILES string of the molecule is CC(=O)N1C[C@H](c2nc(Nc3cc(Cl)cc(-c4cn(C5COC5)nn4)c3)cc(-c3cnccn3)n2)CC[C@@H]1C. The lowest BCUT2D eigenvalue weighted by molar-refractivity contribution is -0.132. The number of anilines is 2. The average molecular weight is 546 g/mol. The number of likely N-dealkylation sites (tertiary alicyclic amines) is 1. The second kappa shape index (κ2) is 10.7. The molecular weight excluding hydrogens is 518 g/mol. The van der Waals surface area contributed by atoms with Crippen molar-refractivity contribution in [2.45, 2.75) is 44.7 Å². The first-order valence-electron chi connectivity index (χ1n) is 12.9. The van der Waals surface area contributed by atoms with Gasteiger partial charge in [0.05, 0.1) is 31.3 Å². The van der Waals surface area contributed by atoms with Crippen molar-refractivity contribution in [2.75, 3.05) is 25.1 Å². The van der Waals surface area contributed by atoms with Gasteiger partial charge in [0, 0.05) is 60.2 Å². The van der Waals surface area contributed by atoms with Crippen LogP contribution in [0.4, 0.5) is 11.5 Å². The number of carbonyl (C=O) groups is 1. The summed E-state index contributed by atoms with van der Waals surface area (Å²) in [6.07, 6.45) is 8.61. The summed E-state index contributed by atoms with van der Waals surface area (Å²) >= 11 is 6.51. The van der Waals surface area contributed by atoms with E-state index in [1.54, 1.807) is 25.5 Å². The van der Waals surface area contributed by atoms with Crippen molar-refractivity contribution < 1.29 is 9.53 Å². The fraction of sp³-hybridized carbons (Fsp3) is 0.370. The fourth-order valence-corrected chi connectivity index (χ4v) is 5.19. The van der Waals surface area contributed by atoms with Gasteiger partial charge in [0.15, 0.2) is 0 Å². The van der Waals surface area contributed by atoms with E-state index in [1.165, 1.54) is 0 Å². The van der Waals surface area contributed by atoms with Crippen molar-refractivity contribution in [2.24, 2.45) is 0 Å². The molecule has 2 fully saturated rings. The molecule has 39 heavy (non-hydrogen) atoms. The Morgan fingerprint density at radius 2 is 1.95 bits per heavy atom. The Balaban J connectivity index is 1.33. The van der Waals surface area contributed by atoms with Crippen molar-refractivity contribution in [1.29, 1.82) is 0 Å². The highest BCUT2D eigenvalue weighted by molar-refractivity contribution is 6.31. The molecule has 12 heteroatoms. The van der Waals surface area contributed by atoms with E-state index in [-0.39, 0.29) is 23.9 Å². The Labute approximate surface area is 230 Å². The maximum Gasteiger partial charge on any atom is 0.219 e. The van der Waals surface area contributed by atoms with Gasteiger partial charge in [0.25, 0.3) is 0 Å². The minimum atomic E-state index is 0.00252. The normalized spacial score (nSPS) is 19.5. The molecule has 0 spiro atoms. The molecule has 200 valence electrons. The summed E-state index contributed by atoms with van der Waals surface area (Å²) in [7, 11) is 0. The van der Waals surface area contributed by atoms with E-state index in [0.717, 1.165) is 29.8 Å². The molecule has 0 aliphatic carbocycles. The highest BCUT2D eigenvalue weighted by Gasteiger charge is 2.30. The van der Waals surface area contributed by atoms with Gasteiger partial charge >= 0.3 is 0 Å². The standard InChI is InChI=1S/C27H28ClN9O2/c1-16-3-4-18(12-36(16)17(2)38)27-32-23(24-11-29-5-6-30-24)10-26(33-27)31-21-8-19(7-20(28)9-21)25-13-37(35-34-25)22-14-39-15-22/h5-11,13,16,18,22H,3-4,12,14-15H2,1-2H3,(H,31,32,33)/t16-,18+/m0/s1. The summed E-state index contributed by atoms with van der Waals surface area (Å²) in [4.78, 5) is 32.5. The van der Waals surface area contributed by atoms with Gasteiger partial charge in [-0.1, -0.05) is 16.8 Å². The number of piperidine rings is 1. The second-order valence-electron chi connectivity index (χ2n) is 10.0. The topological polar surface area (TPSA) is 124 Å². The Morgan fingerprint density at radius 1 is 1.08 bits per heavy atom. The Hall–Kier alpha value is -3.96. The second-order valence-corrected chi connectivity index (χ2v) is 10.4. The molecule has 0 saturated carbocycles. The van der Waals surface area contributed by atoms with Gasteiger partial charge in [-0.15, -0.1) is 5.10 Å². The van der Waals surface area contributed by atoms with Gasteiger partial charge in [-0.3, -0.25) is 14.8 Å². The summed E-state index contributed by atoms with van der Waals surface area (Å²) in [5.74, 6) is 1.32. The van der Waals surface area contributed by atoms with Crippen molar-refractivity contribution >= 4 is 29.0 Å². The predicted octanol–water partition coefficient (Wildman–Crippen LogP) is 4.27. The summed E-state index contributed by atoms with van der Waals surface area (Å²) in [6, 6.07) is 7.89. The molecule has 3 aromatic heterocycles. The largest absolute Gasteiger partial charge is 0.377 e. The minimum absolute atomic E-state index is 0.00252. The number of nitrogens with zero attached hydrogens (tertiary/aromatic N) is 8. The maximum absolute atomic E-state index is 12.2. The number of hydrogen-bond acceptors (Lipinski definition) is 9. The Morgan fingerprint density at radius 3 is 2.69 bits per heavy atom. The van der Waals surface area contributed by atoms with Crippen LogP contribution < -0.4 is 5.32 Å². The van der Waals surface area contributed by atoms with Gasteiger partial charge < -0.3 is 15.0 Å². The van der Waals surface area contributed by atoms with Gasteiger partial charge in [-0.2, -0.15) is 0 Å². The van der Waals surface area contributed by atoms with Crippen LogP contribution in [0.1, 0.15) is 44.5 Å². The lowest BCUT2D eigenvalue weighted by Crippen LogP contribution is -2.44. The Kier molecular flexibility index (Phi) is 6.92. The van der Waals surface area contributed by atoms with Crippen molar-refractivity contribution in [1.82, 2.24) is 39.8 Å². The number of amides is 1. The summed E-state index contributed by atoms with van der Waals surface area (Å²) in [5, 5.41) is 12.5. The van der Waals surface area contributed by atoms with E-state index in [1.807, 2.05) is 40.0 Å². The van der Waals surface area contributed by atoms with Crippen LogP contribution in [0, 0.1) is 0 Å². The molecule has 0 radical (unpaired) electrons. The van der Waals surface area contributed by atoms with Crippen LogP contribution in [0.5, 0.6) is 0 Å². The molecule has 2 saturated heterocycles. The number of hydrogen-bond donors (Lipinski definition) is 1. The molecule has 0 unspecified atom stereocenters. The highest BCUT2D eigenvalue weighted by Crippen LogP contribution is 2.32. The zero-order valence-corrected chi connectivity index (χ0v) is 22.4. The highest BCUT2D eigenvalue weighted by atomic mass is 35.5. The van der Waals surface area contributed by atoms with Crippen molar-refractivity contribution in [3.05, 3.63) is 59.9 Å². The van der Waals surface area contributed by atoms with E-state index in [0.29, 0.717) is 47.8 Å². The van der Waals surface area contributed by atoms with Gasteiger partial charge in [-0.25, -0.2) is 14.6 Å². The van der Waals surface area contributed by atoms with Crippen molar-refractivity contribution in [3.8, 4) is 22.6 Å². The number of halogens is 1. The number of rotatable bonds is 6. The first-order chi connectivity index (χ1) is 18.9. The third-order valence-electron chi connectivity index (χ3n) is 7.19. The lowest BCUT2D eigenvalue weighted by Gasteiger charge is -2.37. The molecule has 5 heterocycles. The lowest BCUT2D eigenvalue weighted by atomic mass is 9.92. The minimum Gasteiger partial charge on any atom is -0.377 e. The molecule has 2 aliphatic heterocycles. The van der Waals surface area contributed by atoms with Crippen LogP contribution in [0.3, 0.4) is 0 Å². The summed E-state index contributed by atoms with van der Waals surface area (Å²) < 4.78 is 7.09. The Bertz CT molecular complexity index is 1490. The van der Waals surface area contributed by atoms with Crippen molar-refractivity contribution in [3.63, 3.8) is 0 Å². The van der Waals surface area contributed by atoms with Crippen LogP contribution in [0.15, 0.2) is 49.1 Å². The van der Waals surface area contributed by atoms with Crippen LogP contribution in [-0.2, 0) is 9.53 Å². The molecule has 0 bridgehead atoms. The van der Waals surface area contributed by atoms with Gasteiger partial charge in [0.2, 0.25) is 5.91 Å². The fourth-order valence-electron chi connectivity index (χ4n) is 4.95. The van der Waals surface area contributed by atoms with Crippen LogP contribution in [0.25, 0.3) is 22.6 Å². The molecule has 2 atom stereocenters. The molecule has 2 aliphatic rings.